The number of nitrogens with zero attached hydrogens (tertiary/aromatic N) is 1. The minimum Gasteiger partial charge on any atom is -0.491 e. The highest BCUT2D eigenvalue weighted by Crippen LogP contribution is 2.28. The zero-order valence-electron chi connectivity index (χ0n) is 14.7. The zero-order valence-corrected chi connectivity index (χ0v) is 14.7. The van der Waals surface area contributed by atoms with Crippen LogP contribution in [0.15, 0.2) is 23.2 Å². The molecule has 2 N–H and O–H groups in total. The van der Waals surface area contributed by atoms with Gasteiger partial charge in [-0.2, -0.15) is 0 Å². The van der Waals surface area contributed by atoms with E-state index in [0.717, 1.165) is 23.2 Å². The second-order valence-electron chi connectivity index (χ2n) is 6.05. The first-order chi connectivity index (χ1) is 11.1. The molecule has 0 spiro atoms. The molecule has 0 aromatic heterocycles. The van der Waals surface area contributed by atoms with Crippen molar-refractivity contribution >= 4 is 5.96 Å². The fraction of sp³-hybridized carbons (Fsp3) is 0.611. The van der Waals surface area contributed by atoms with Crippen LogP contribution in [0.25, 0.3) is 0 Å². The van der Waals surface area contributed by atoms with Crippen LogP contribution in [0.2, 0.25) is 0 Å². The van der Waals surface area contributed by atoms with Crippen molar-refractivity contribution in [2.45, 2.75) is 39.8 Å². The van der Waals surface area contributed by atoms with E-state index in [9.17, 15) is 0 Å². The van der Waals surface area contributed by atoms with Gasteiger partial charge in [0.1, 0.15) is 12.4 Å². The zero-order chi connectivity index (χ0) is 16.7. The molecule has 1 saturated carbocycles. The number of rotatable bonds is 8. The van der Waals surface area contributed by atoms with Gasteiger partial charge in [0.25, 0.3) is 0 Å². The Balaban J connectivity index is 1.89. The molecule has 23 heavy (non-hydrogen) atoms. The first kappa shape index (κ1) is 17.6. The molecule has 2 atom stereocenters. The monoisotopic (exact) mass is 319 g/mol. The first-order valence-corrected chi connectivity index (χ1v) is 8.41. The van der Waals surface area contributed by atoms with Gasteiger partial charge < -0.3 is 20.1 Å². The van der Waals surface area contributed by atoms with Gasteiger partial charge >= 0.3 is 0 Å². The van der Waals surface area contributed by atoms with Crippen LogP contribution >= 0.6 is 0 Å². The van der Waals surface area contributed by atoms with Crippen LogP contribution in [0.3, 0.4) is 0 Å². The Hall–Kier alpha value is -1.75. The molecule has 1 aromatic carbocycles. The quantitative estimate of drug-likeness (QED) is 0.439. The maximum atomic E-state index is 5.87. The maximum Gasteiger partial charge on any atom is 0.191 e. The van der Waals surface area contributed by atoms with Gasteiger partial charge in [-0.25, -0.2) is 0 Å². The van der Waals surface area contributed by atoms with Crippen molar-refractivity contribution in [2.75, 3.05) is 26.9 Å². The predicted octanol–water partition coefficient (Wildman–Crippen LogP) is 2.48. The lowest BCUT2D eigenvalue weighted by molar-refractivity contribution is 0.110. The molecule has 5 nitrogen and oxygen atoms in total. The standard InChI is InChI=1S/C18H29N3O2/c1-5-22-8-9-23-17-10-13(2)6-7-15(17)12-20-18(19-4)21-16-11-14(16)3/h6-7,10,14,16H,5,8-9,11-12H2,1-4H3,(H2,19,20,21). The summed E-state index contributed by atoms with van der Waals surface area (Å²) in [4.78, 5) is 4.29. The molecule has 2 unspecified atom stereocenters. The fourth-order valence-electron chi connectivity index (χ4n) is 2.37. The number of benzene rings is 1. The number of guanidine groups is 1. The van der Waals surface area contributed by atoms with Crippen molar-refractivity contribution in [2.24, 2.45) is 10.9 Å². The molecular weight excluding hydrogens is 290 g/mol. The molecule has 1 fully saturated rings. The predicted molar refractivity (Wildman–Crippen MR) is 94.1 cm³/mol. The molecule has 2 rings (SSSR count). The summed E-state index contributed by atoms with van der Waals surface area (Å²) in [6, 6.07) is 6.83. The van der Waals surface area contributed by atoms with Crippen molar-refractivity contribution in [1.29, 1.82) is 0 Å². The molecule has 128 valence electrons. The Kier molecular flexibility index (Phi) is 6.71. The minimum absolute atomic E-state index is 0.557. The van der Waals surface area contributed by atoms with E-state index in [2.05, 4.69) is 47.7 Å². The van der Waals surface area contributed by atoms with E-state index in [-0.39, 0.29) is 0 Å². The molecular formula is C18H29N3O2. The largest absolute Gasteiger partial charge is 0.491 e. The molecule has 0 amide bonds. The van der Waals surface area contributed by atoms with E-state index >= 15 is 0 Å². The number of ether oxygens (including phenoxy) is 2. The average Bonchev–Trinajstić information content (AvgIpc) is 3.24. The van der Waals surface area contributed by atoms with Crippen molar-refractivity contribution in [3.63, 3.8) is 0 Å². The molecule has 0 heterocycles. The van der Waals surface area contributed by atoms with E-state index in [1.807, 2.05) is 6.92 Å². The number of aryl methyl sites for hydroxylation is 1. The van der Waals surface area contributed by atoms with Crippen molar-refractivity contribution in [3.05, 3.63) is 29.3 Å². The lowest BCUT2D eigenvalue weighted by Gasteiger charge is -2.15. The topological polar surface area (TPSA) is 54.9 Å². The lowest BCUT2D eigenvalue weighted by atomic mass is 10.1. The Morgan fingerprint density at radius 3 is 2.78 bits per heavy atom. The number of hydrogen-bond donors (Lipinski definition) is 2. The highest BCUT2D eigenvalue weighted by atomic mass is 16.5. The molecule has 0 radical (unpaired) electrons. The van der Waals surface area contributed by atoms with Gasteiger partial charge in [-0.1, -0.05) is 19.1 Å². The van der Waals surface area contributed by atoms with Gasteiger partial charge in [0.05, 0.1) is 6.61 Å². The van der Waals surface area contributed by atoms with Crippen LogP contribution < -0.4 is 15.4 Å². The Bertz CT molecular complexity index is 531. The van der Waals surface area contributed by atoms with Crippen molar-refractivity contribution in [3.8, 4) is 5.75 Å². The molecule has 1 aliphatic carbocycles. The smallest absolute Gasteiger partial charge is 0.191 e. The van der Waals surface area contributed by atoms with E-state index < -0.39 is 0 Å². The first-order valence-electron chi connectivity index (χ1n) is 8.41. The van der Waals surface area contributed by atoms with Gasteiger partial charge in [0.2, 0.25) is 0 Å². The van der Waals surface area contributed by atoms with Crippen LogP contribution in [-0.4, -0.2) is 38.9 Å². The molecule has 0 aliphatic heterocycles. The summed E-state index contributed by atoms with van der Waals surface area (Å²) in [6.45, 7) is 8.88. The van der Waals surface area contributed by atoms with Crippen molar-refractivity contribution < 1.29 is 9.47 Å². The SMILES string of the molecule is CCOCCOc1cc(C)ccc1CNC(=NC)NC1CC1C. The van der Waals surface area contributed by atoms with Gasteiger partial charge in [0.15, 0.2) is 5.96 Å². The molecule has 0 bridgehead atoms. The minimum atomic E-state index is 0.557. The van der Waals surface area contributed by atoms with E-state index in [0.29, 0.717) is 32.4 Å². The Morgan fingerprint density at radius 1 is 1.35 bits per heavy atom. The lowest BCUT2D eigenvalue weighted by Crippen LogP contribution is -2.38. The number of aliphatic imine (C=N–C) groups is 1. The number of hydrogen-bond acceptors (Lipinski definition) is 3. The van der Waals surface area contributed by atoms with Crippen LogP contribution in [0.4, 0.5) is 0 Å². The summed E-state index contributed by atoms with van der Waals surface area (Å²) in [5.74, 6) is 2.50. The molecule has 0 saturated heterocycles. The van der Waals surface area contributed by atoms with Crippen molar-refractivity contribution in [1.82, 2.24) is 10.6 Å². The van der Waals surface area contributed by atoms with Gasteiger partial charge in [0, 0.05) is 31.8 Å². The maximum absolute atomic E-state index is 5.87. The third-order valence-electron chi connectivity index (χ3n) is 4.01. The second-order valence-corrected chi connectivity index (χ2v) is 6.05. The third kappa shape index (κ3) is 5.75. The Labute approximate surface area is 139 Å². The summed E-state index contributed by atoms with van der Waals surface area (Å²) >= 11 is 0. The second kappa shape index (κ2) is 8.77. The van der Waals surface area contributed by atoms with Gasteiger partial charge in [-0.05, 0) is 37.8 Å². The average molecular weight is 319 g/mol. The summed E-state index contributed by atoms with van der Waals surface area (Å²) < 4.78 is 11.2. The summed E-state index contributed by atoms with van der Waals surface area (Å²) in [5, 5.41) is 6.80. The van der Waals surface area contributed by atoms with Crippen LogP contribution in [0.5, 0.6) is 5.75 Å². The summed E-state index contributed by atoms with van der Waals surface area (Å²) in [5.41, 5.74) is 2.31. The van der Waals surface area contributed by atoms with E-state index in [4.69, 9.17) is 9.47 Å². The molecule has 1 aromatic rings. The number of nitrogens with one attached hydrogen (secondary N) is 2. The highest BCUT2D eigenvalue weighted by Gasteiger charge is 2.33. The van der Waals surface area contributed by atoms with E-state index in [1.165, 1.54) is 12.0 Å². The van der Waals surface area contributed by atoms with Gasteiger partial charge in [-0.3, -0.25) is 4.99 Å². The van der Waals surface area contributed by atoms with Crippen LogP contribution in [-0.2, 0) is 11.3 Å². The molecule has 1 aliphatic rings. The van der Waals surface area contributed by atoms with Gasteiger partial charge in [-0.15, -0.1) is 0 Å². The Morgan fingerprint density at radius 2 is 2.13 bits per heavy atom. The third-order valence-corrected chi connectivity index (χ3v) is 4.01. The fourth-order valence-corrected chi connectivity index (χ4v) is 2.37. The van der Waals surface area contributed by atoms with Crippen LogP contribution in [0, 0.1) is 12.8 Å². The summed E-state index contributed by atoms with van der Waals surface area (Å²) in [7, 11) is 1.80. The summed E-state index contributed by atoms with van der Waals surface area (Å²) in [6.07, 6.45) is 1.22. The molecule has 5 heteroatoms. The van der Waals surface area contributed by atoms with Crippen LogP contribution in [0.1, 0.15) is 31.4 Å². The normalized spacial score (nSPS) is 20.3. The highest BCUT2D eigenvalue weighted by molar-refractivity contribution is 5.80. The van der Waals surface area contributed by atoms with E-state index in [1.54, 1.807) is 7.05 Å².